The molecule has 98 valence electrons. The molecule has 0 aromatic heterocycles. The largest absolute Gasteiger partial charge is 0.478 e. The Bertz CT molecular complexity index is 519. The van der Waals surface area contributed by atoms with Gasteiger partial charge in [-0.2, -0.15) is 13.2 Å². The number of hydrogen-bond donors (Lipinski definition) is 2. The number of carbonyl (C=O) groups is 2. The Kier molecular flexibility index (Phi) is 4.23. The first-order valence-corrected chi connectivity index (χ1v) is 5.41. The van der Waals surface area contributed by atoms with Crippen LogP contribution in [0.25, 0.3) is 0 Å². The Morgan fingerprint density at radius 3 is 2.33 bits per heavy atom. The number of nitrogens with one attached hydrogen (secondary N) is 1. The maximum Gasteiger partial charge on any atom is 0.471 e. The minimum absolute atomic E-state index is 0.0260. The lowest BCUT2D eigenvalue weighted by atomic mass is 10.1. The second-order valence-corrected chi connectivity index (χ2v) is 4.30. The molecule has 18 heavy (non-hydrogen) atoms. The zero-order valence-electron chi connectivity index (χ0n) is 8.31. The molecular formula is C9H4BrClF3NO3. The lowest BCUT2D eigenvalue weighted by Crippen LogP contribution is -2.30. The molecule has 1 rings (SSSR count). The molecule has 9 heteroatoms. The van der Waals surface area contributed by atoms with E-state index in [4.69, 9.17) is 16.7 Å². The molecule has 0 radical (unpaired) electrons. The first kappa shape index (κ1) is 14.8. The summed E-state index contributed by atoms with van der Waals surface area (Å²) in [6, 6.07) is 2.40. The van der Waals surface area contributed by atoms with Crippen molar-refractivity contribution in [2.75, 3.05) is 5.32 Å². The van der Waals surface area contributed by atoms with Gasteiger partial charge in [-0.3, -0.25) is 4.79 Å². The minimum Gasteiger partial charge on any atom is -0.478 e. The number of hydrogen-bond acceptors (Lipinski definition) is 2. The number of alkyl halides is 3. The number of halogens is 5. The Balaban J connectivity index is 3.28. The predicted octanol–water partition coefficient (Wildman–Crippen LogP) is 3.30. The van der Waals surface area contributed by atoms with Crippen LogP contribution in [0.5, 0.6) is 0 Å². The average molecular weight is 346 g/mol. The Morgan fingerprint density at radius 1 is 1.33 bits per heavy atom. The van der Waals surface area contributed by atoms with Crippen molar-refractivity contribution < 1.29 is 27.9 Å². The summed E-state index contributed by atoms with van der Waals surface area (Å²) in [6.07, 6.45) is -5.13. The number of carboxylic acids is 1. The fourth-order valence-corrected chi connectivity index (χ4v) is 1.74. The van der Waals surface area contributed by atoms with Gasteiger partial charge in [0.1, 0.15) is 5.56 Å². The molecule has 0 heterocycles. The third-order valence-corrected chi connectivity index (χ3v) is 2.79. The van der Waals surface area contributed by atoms with Gasteiger partial charge < -0.3 is 10.4 Å². The monoisotopic (exact) mass is 345 g/mol. The minimum atomic E-state index is -5.13. The van der Waals surface area contributed by atoms with Gasteiger partial charge in [0, 0.05) is 4.47 Å². The Morgan fingerprint density at radius 2 is 1.89 bits per heavy atom. The number of rotatable bonds is 2. The van der Waals surface area contributed by atoms with Crippen LogP contribution in [0.4, 0.5) is 18.9 Å². The third kappa shape index (κ3) is 3.14. The number of carboxylic acid groups (broad SMARTS) is 1. The van der Waals surface area contributed by atoms with E-state index in [0.717, 1.165) is 0 Å². The number of aromatic carboxylic acids is 1. The fourth-order valence-electron chi connectivity index (χ4n) is 1.07. The van der Waals surface area contributed by atoms with Gasteiger partial charge in [-0.25, -0.2) is 4.79 Å². The van der Waals surface area contributed by atoms with Crippen molar-refractivity contribution in [3.05, 3.63) is 27.2 Å². The molecule has 0 unspecified atom stereocenters. The van der Waals surface area contributed by atoms with Crippen molar-refractivity contribution in [2.24, 2.45) is 0 Å². The maximum atomic E-state index is 12.1. The molecule has 0 saturated heterocycles. The molecule has 4 nitrogen and oxygen atoms in total. The van der Waals surface area contributed by atoms with Gasteiger partial charge in [-0.15, -0.1) is 0 Å². The molecule has 0 atom stereocenters. The quantitative estimate of drug-likeness (QED) is 0.863. The van der Waals surface area contributed by atoms with E-state index < -0.39 is 29.3 Å². The molecule has 0 bridgehead atoms. The van der Waals surface area contributed by atoms with E-state index in [1.165, 1.54) is 17.4 Å². The topological polar surface area (TPSA) is 66.4 Å². The third-order valence-electron chi connectivity index (χ3n) is 1.81. The Labute approximate surface area is 112 Å². The van der Waals surface area contributed by atoms with Gasteiger partial charge in [0.15, 0.2) is 0 Å². The maximum absolute atomic E-state index is 12.1. The number of benzene rings is 1. The van der Waals surface area contributed by atoms with Crippen molar-refractivity contribution in [2.45, 2.75) is 6.18 Å². The van der Waals surface area contributed by atoms with Gasteiger partial charge in [0.25, 0.3) is 0 Å². The summed E-state index contributed by atoms with van der Waals surface area (Å²) in [5.74, 6) is -3.84. The second-order valence-electron chi connectivity index (χ2n) is 3.04. The standard InChI is InChI=1S/C9H4BrClF3NO3/c10-3-1-2-4(11)5(7(16)17)6(3)15-8(18)9(12,13)14/h1-2H,(H,15,18)(H,16,17). The summed E-state index contributed by atoms with van der Waals surface area (Å²) < 4.78 is 36.3. The molecule has 1 aromatic rings. The summed E-state index contributed by atoms with van der Waals surface area (Å²) in [5, 5.41) is 10.0. The van der Waals surface area contributed by atoms with Crippen LogP contribution in [0.2, 0.25) is 5.02 Å². The number of anilines is 1. The van der Waals surface area contributed by atoms with Crippen LogP contribution >= 0.6 is 27.5 Å². The van der Waals surface area contributed by atoms with Crippen LogP contribution < -0.4 is 5.32 Å². The highest BCUT2D eigenvalue weighted by molar-refractivity contribution is 9.10. The first-order valence-electron chi connectivity index (χ1n) is 4.24. The molecule has 0 aliphatic rings. The van der Waals surface area contributed by atoms with Gasteiger partial charge in [0.2, 0.25) is 0 Å². The lowest BCUT2D eigenvalue weighted by molar-refractivity contribution is -0.167. The van der Waals surface area contributed by atoms with Crippen LogP contribution in [0.1, 0.15) is 10.4 Å². The molecule has 2 N–H and O–H groups in total. The molecule has 0 aliphatic heterocycles. The zero-order valence-corrected chi connectivity index (χ0v) is 10.7. The van der Waals surface area contributed by atoms with E-state index in [-0.39, 0.29) is 9.50 Å². The summed E-state index contributed by atoms with van der Waals surface area (Å²) in [5.41, 5.74) is -1.17. The molecule has 0 spiro atoms. The average Bonchev–Trinajstić information content (AvgIpc) is 2.21. The second kappa shape index (κ2) is 5.15. The summed E-state index contributed by atoms with van der Waals surface area (Å²) >= 11 is 8.40. The van der Waals surface area contributed by atoms with E-state index in [2.05, 4.69) is 15.9 Å². The van der Waals surface area contributed by atoms with Crippen LogP contribution in [0.15, 0.2) is 16.6 Å². The van der Waals surface area contributed by atoms with Crippen LogP contribution in [0.3, 0.4) is 0 Å². The molecule has 0 fully saturated rings. The highest BCUT2D eigenvalue weighted by Crippen LogP contribution is 2.33. The fraction of sp³-hybridized carbons (Fsp3) is 0.111. The lowest BCUT2D eigenvalue weighted by Gasteiger charge is -2.13. The molecule has 1 aromatic carbocycles. The van der Waals surface area contributed by atoms with Gasteiger partial charge in [-0.1, -0.05) is 11.6 Å². The highest BCUT2D eigenvalue weighted by Gasteiger charge is 2.39. The smallest absolute Gasteiger partial charge is 0.471 e. The summed E-state index contributed by atoms with van der Waals surface area (Å²) in [6.45, 7) is 0. The van der Waals surface area contributed by atoms with Gasteiger partial charge >= 0.3 is 18.1 Å². The van der Waals surface area contributed by atoms with Crippen molar-refractivity contribution >= 4 is 45.1 Å². The summed E-state index contributed by atoms with van der Waals surface area (Å²) in [4.78, 5) is 21.7. The van der Waals surface area contributed by atoms with Gasteiger partial charge in [0.05, 0.1) is 10.7 Å². The summed E-state index contributed by atoms with van der Waals surface area (Å²) in [7, 11) is 0. The normalized spacial score (nSPS) is 11.2. The van der Waals surface area contributed by atoms with Crippen LogP contribution in [-0.2, 0) is 4.79 Å². The van der Waals surface area contributed by atoms with Crippen molar-refractivity contribution in [1.82, 2.24) is 0 Å². The number of amides is 1. The molecular weight excluding hydrogens is 342 g/mol. The molecule has 1 amide bonds. The van der Waals surface area contributed by atoms with Crippen LogP contribution in [0, 0.1) is 0 Å². The van der Waals surface area contributed by atoms with Crippen molar-refractivity contribution in [3.63, 3.8) is 0 Å². The molecule has 0 saturated carbocycles. The van der Waals surface area contributed by atoms with Crippen molar-refractivity contribution in [3.8, 4) is 0 Å². The van der Waals surface area contributed by atoms with E-state index in [1.807, 2.05) is 0 Å². The van der Waals surface area contributed by atoms with E-state index in [0.29, 0.717) is 0 Å². The number of carbonyl (C=O) groups excluding carboxylic acids is 1. The van der Waals surface area contributed by atoms with E-state index in [1.54, 1.807) is 0 Å². The SMILES string of the molecule is O=C(O)c1c(Cl)ccc(Br)c1NC(=O)C(F)(F)F. The van der Waals surface area contributed by atoms with E-state index >= 15 is 0 Å². The molecule has 0 aliphatic carbocycles. The zero-order chi connectivity index (χ0) is 14.1. The van der Waals surface area contributed by atoms with E-state index in [9.17, 15) is 22.8 Å². The predicted molar refractivity (Wildman–Crippen MR) is 60.8 cm³/mol. The van der Waals surface area contributed by atoms with Crippen molar-refractivity contribution in [1.29, 1.82) is 0 Å². The highest BCUT2D eigenvalue weighted by atomic mass is 79.9. The Hall–Kier alpha value is -1.28. The first-order chi connectivity index (χ1) is 8.14. The van der Waals surface area contributed by atoms with Crippen LogP contribution in [-0.4, -0.2) is 23.2 Å². The van der Waals surface area contributed by atoms with Gasteiger partial charge in [-0.05, 0) is 28.1 Å².